The van der Waals surface area contributed by atoms with Crippen molar-refractivity contribution in [3.8, 4) is 28.8 Å². The van der Waals surface area contributed by atoms with Gasteiger partial charge >= 0.3 is 0 Å². The van der Waals surface area contributed by atoms with E-state index in [4.69, 9.17) is 27.0 Å². The van der Waals surface area contributed by atoms with Gasteiger partial charge in [0.1, 0.15) is 11.5 Å². The van der Waals surface area contributed by atoms with E-state index in [1.54, 1.807) is 37.0 Å². The first-order valence-corrected chi connectivity index (χ1v) is 6.95. The molecule has 0 radical (unpaired) electrons. The Balaban J connectivity index is 2.68. The summed E-state index contributed by atoms with van der Waals surface area (Å²) in [5.41, 5.74) is 1.01. The summed E-state index contributed by atoms with van der Waals surface area (Å²) in [6.07, 6.45) is 0.284. The maximum absolute atomic E-state index is 11.8. The molecule has 0 fully saturated rings. The summed E-state index contributed by atoms with van der Waals surface area (Å²) in [5.74, 6) is 1.21. The van der Waals surface area contributed by atoms with Crippen LogP contribution in [0.1, 0.15) is 6.42 Å². The number of H-pyrrole nitrogens is 1. The van der Waals surface area contributed by atoms with E-state index in [9.17, 15) is 4.79 Å². The van der Waals surface area contributed by atoms with Gasteiger partial charge in [-0.1, -0.05) is 0 Å². The SMILES string of the molecule is COc1ccc(-c2cc(=O)[nH]c(=S)n2CCC#N)c(OC)c1. The average Bonchev–Trinajstić information content (AvgIpc) is 2.52. The van der Waals surface area contributed by atoms with Crippen LogP contribution >= 0.6 is 12.2 Å². The molecule has 2 aromatic rings. The quantitative estimate of drug-likeness (QED) is 0.857. The van der Waals surface area contributed by atoms with Crippen LogP contribution in [-0.2, 0) is 6.54 Å². The molecule has 0 aliphatic heterocycles. The molecule has 0 atom stereocenters. The lowest BCUT2D eigenvalue weighted by Crippen LogP contribution is -2.15. The number of nitrogens with zero attached hydrogens (tertiary/aromatic N) is 2. The zero-order valence-electron chi connectivity index (χ0n) is 12.3. The van der Waals surface area contributed by atoms with Gasteiger partial charge in [0.15, 0.2) is 4.77 Å². The Morgan fingerprint density at radius 1 is 1.32 bits per heavy atom. The zero-order valence-corrected chi connectivity index (χ0v) is 13.1. The van der Waals surface area contributed by atoms with Crippen molar-refractivity contribution in [3.05, 3.63) is 39.4 Å². The molecule has 0 bridgehead atoms. The van der Waals surface area contributed by atoms with E-state index in [-0.39, 0.29) is 16.8 Å². The number of nitrogens with one attached hydrogen (secondary N) is 1. The van der Waals surface area contributed by atoms with Gasteiger partial charge in [-0.05, 0) is 24.4 Å². The number of ether oxygens (including phenoxy) is 2. The first-order chi connectivity index (χ1) is 10.6. The maximum atomic E-state index is 11.8. The Hall–Kier alpha value is -2.59. The van der Waals surface area contributed by atoms with Crippen molar-refractivity contribution in [3.63, 3.8) is 0 Å². The standard InChI is InChI=1S/C15H15N3O3S/c1-20-10-4-5-11(13(8-10)21-2)12-9-14(19)17-15(22)18(12)7-3-6-16/h4-5,8-9H,3,7H2,1-2H3,(H,17,19,22). The van der Waals surface area contributed by atoms with Crippen molar-refractivity contribution >= 4 is 12.2 Å². The number of hydrogen-bond donors (Lipinski definition) is 1. The fourth-order valence-corrected chi connectivity index (χ4v) is 2.43. The normalized spacial score (nSPS) is 10.0. The van der Waals surface area contributed by atoms with Gasteiger partial charge in [-0.25, -0.2) is 0 Å². The number of aromatic amines is 1. The molecule has 0 spiro atoms. The second-order valence-corrected chi connectivity index (χ2v) is 4.84. The summed E-state index contributed by atoms with van der Waals surface area (Å²) in [4.78, 5) is 14.3. The predicted octanol–water partition coefficient (Wildman–Crippen LogP) is 2.50. The summed E-state index contributed by atoms with van der Waals surface area (Å²) >= 11 is 5.20. The molecule has 7 heteroatoms. The Labute approximate surface area is 132 Å². The number of methoxy groups -OCH3 is 2. The third-order valence-corrected chi connectivity index (χ3v) is 3.49. The van der Waals surface area contributed by atoms with Crippen LogP contribution in [-0.4, -0.2) is 23.8 Å². The van der Waals surface area contributed by atoms with E-state index >= 15 is 0 Å². The van der Waals surface area contributed by atoms with Gasteiger partial charge in [-0.15, -0.1) is 0 Å². The summed E-state index contributed by atoms with van der Waals surface area (Å²) in [5, 5.41) is 8.79. The van der Waals surface area contributed by atoms with Crippen molar-refractivity contribution in [2.45, 2.75) is 13.0 Å². The Bertz CT molecular complexity index is 833. The van der Waals surface area contributed by atoms with E-state index in [1.807, 2.05) is 0 Å². The molecule has 0 unspecified atom stereocenters. The van der Waals surface area contributed by atoms with Gasteiger partial charge in [0, 0.05) is 24.2 Å². The highest BCUT2D eigenvalue weighted by Gasteiger charge is 2.13. The molecule has 0 saturated heterocycles. The maximum Gasteiger partial charge on any atom is 0.252 e. The molecular formula is C15H15N3O3S. The van der Waals surface area contributed by atoms with Crippen molar-refractivity contribution in [2.24, 2.45) is 0 Å². The minimum absolute atomic E-state index is 0.274. The lowest BCUT2D eigenvalue weighted by atomic mass is 10.1. The van der Waals surface area contributed by atoms with Crippen LogP contribution in [0.4, 0.5) is 0 Å². The lowest BCUT2D eigenvalue weighted by Gasteiger charge is -2.15. The molecule has 0 aliphatic carbocycles. The van der Waals surface area contributed by atoms with E-state index in [1.165, 1.54) is 6.07 Å². The van der Waals surface area contributed by atoms with Gasteiger partial charge < -0.3 is 14.0 Å². The molecule has 1 aromatic heterocycles. The van der Waals surface area contributed by atoms with Crippen molar-refractivity contribution in [1.29, 1.82) is 5.26 Å². The van der Waals surface area contributed by atoms with Gasteiger partial charge in [0.05, 0.1) is 32.4 Å². The second-order valence-electron chi connectivity index (χ2n) is 4.45. The Kier molecular flexibility index (Phi) is 4.96. The highest BCUT2D eigenvalue weighted by atomic mass is 32.1. The molecule has 0 amide bonds. The highest BCUT2D eigenvalue weighted by Crippen LogP contribution is 2.32. The second kappa shape index (κ2) is 6.91. The van der Waals surface area contributed by atoms with Crippen LogP contribution in [0.2, 0.25) is 0 Å². The van der Waals surface area contributed by atoms with Crippen molar-refractivity contribution in [1.82, 2.24) is 9.55 Å². The third kappa shape index (κ3) is 3.18. The average molecular weight is 317 g/mol. The van der Waals surface area contributed by atoms with Crippen molar-refractivity contribution in [2.75, 3.05) is 14.2 Å². The van der Waals surface area contributed by atoms with Crippen LogP contribution in [0.5, 0.6) is 11.5 Å². The van der Waals surface area contributed by atoms with E-state index < -0.39 is 0 Å². The minimum atomic E-state index is -0.300. The van der Waals surface area contributed by atoms with Crippen LogP contribution in [0.25, 0.3) is 11.3 Å². The van der Waals surface area contributed by atoms with Crippen LogP contribution in [0, 0.1) is 16.1 Å². The molecule has 6 nitrogen and oxygen atoms in total. The molecule has 1 heterocycles. The number of benzene rings is 1. The highest BCUT2D eigenvalue weighted by molar-refractivity contribution is 7.71. The van der Waals surface area contributed by atoms with E-state index in [2.05, 4.69) is 11.1 Å². The molecule has 0 saturated carbocycles. The molecule has 1 aromatic carbocycles. The van der Waals surface area contributed by atoms with Crippen LogP contribution in [0.3, 0.4) is 0 Å². The summed E-state index contributed by atoms with van der Waals surface area (Å²) in [6.45, 7) is 0.386. The molecular weight excluding hydrogens is 302 g/mol. The molecule has 114 valence electrons. The molecule has 0 aliphatic rings. The van der Waals surface area contributed by atoms with E-state index in [0.717, 1.165) is 0 Å². The van der Waals surface area contributed by atoms with Crippen molar-refractivity contribution < 1.29 is 9.47 Å². The monoisotopic (exact) mass is 317 g/mol. The Morgan fingerprint density at radius 3 is 2.73 bits per heavy atom. The third-order valence-electron chi connectivity index (χ3n) is 3.17. The molecule has 1 N–H and O–H groups in total. The Morgan fingerprint density at radius 2 is 2.09 bits per heavy atom. The smallest absolute Gasteiger partial charge is 0.252 e. The van der Waals surface area contributed by atoms with Gasteiger partial charge in [0.25, 0.3) is 5.56 Å². The first kappa shape index (κ1) is 15.8. The fraction of sp³-hybridized carbons (Fsp3) is 0.267. The predicted molar refractivity (Wildman–Crippen MR) is 84.7 cm³/mol. The number of nitriles is 1. The largest absolute Gasteiger partial charge is 0.497 e. The lowest BCUT2D eigenvalue weighted by molar-refractivity contribution is 0.395. The van der Waals surface area contributed by atoms with Crippen LogP contribution < -0.4 is 15.0 Å². The first-order valence-electron chi connectivity index (χ1n) is 6.54. The van der Waals surface area contributed by atoms with E-state index in [0.29, 0.717) is 29.3 Å². The summed E-state index contributed by atoms with van der Waals surface area (Å²) < 4.78 is 12.5. The number of hydrogen-bond acceptors (Lipinski definition) is 5. The van der Waals surface area contributed by atoms with Gasteiger partial charge in [0.2, 0.25) is 0 Å². The zero-order chi connectivity index (χ0) is 16.1. The number of rotatable bonds is 5. The molecule has 22 heavy (non-hydrogen) atoms. The fourth-order valence-electron chi connectivity index (χ4n) is 2.14. The van der Waals surface area contributed by atoms with Crippen LogP contribution in [0.15, 0.2) is 29.1 Å². The molecule has 2 rings (SSSR count). The van der Waals surface area contributed by atoms with Gasteiger partial charge in [-0.2, -0.15) is 5.26 Å². The summed E-state index contributed by atoms with van der Waals surface area (Å²) in [7, 11) is 3.11. The summed E-state index contributed by atoms with van der Waals surface area (Å²) in [6, 6.07) is 8.82. The topological polar surface area (TPSA) is 80.0 Å². The number of aromatic nitrogens is 2. The minimum Gasteiger partial charge on any atom is -0.497 e. The van der Waals surface area contributed by atoms with Gasteiger partial charge in [-0.3, -0.25) is 9.78 Å².